The maximum atomic E-state index is 9.55. The highest BCUT2D eigenvalue weighted by Crippen LogP contribution is 2.25. The maximum absolute atomic E-state index is 9.55. The zero-order chi connectivity index (χ0) is 12.0. The smallest absolute Gasteiger partial charge is 0.0862 e. The van der Waals surface area contributed by atoms with Gasteiger partial charge in [0.05, 0.1) is 8.07 Å². The number of allylic oxidation sites excluding steroid dienone is 2. The third kappa shape index (κ3) is 3.06. The summed E-state index contributed by atoms with van der Waals surface area (Å²) in [6, 6.07) is 10.6. The summed E-state index contributed by atoms with van der Waals surface area (Å²) in [5.74, 6) is 0. The standard InChI is InChI=1S/C14H22OSi/c1-4-5-9-14(12-15)16(2,3)13-10-7-6-8-11-13/h4-8,10-11,14-15H,9,12H2,1-3H3/b5-4+. The molecule has 2 heteroatoms. The van der Waals surface area contributed by atoms with Gasteiger partial charge in [0.25, 0.3) is 0 Å². The molecule has 0 radical (unpaired) electrons. The van der Waals surface area contributed by atoms with Crippen LogP contribution in [0.15, 0.2) is 42.5 Å². The van der Waals surface area contributed by atoms with Gasteiger partial charge in [0.1, 0.15) is 0 Å². The van der Waals surface area contributed by atoms with Gasteiger partial charge in [-0.2, -0.15) is 0 Å². The summed E-state index contributed by atoms with van der Waals surface area (Å²) in [5, 5.41) is 11.0. The topological polar surface area (TPSA) is 20.2 Å². The average molecular weight is 234 g/mol. The van der Waals surface area contributed by atoms with Crippen LogP contribution in [0.1, 0.15) is 13.3 Å². The molecule has 0 spiro atoms. The number of hydrogen-bond donors (Lipinski definition) is 1. The van der Waals surface area contributed by atoms with E-state index >= 15 is 0 Å². The molecule has 1 rings (SSSR count). The van der Waals surface area contributed by atoms with E-state index in [1.54, 1.807) is 0 Å². The normalized spacial score (nSPS) is 14.2. The minimum atomic E-state index is -1.55. The molecule has 1 N–H and O–H groups in total. The molecular formula is C14H22OSi. The van der Waals surface area contributed by atoms with E-state index in [0.29, 0.717) is 12.1 Å². The Kier molecular flexibility index (Phi) is 4.96. The zero-order valence-corrected chi connectivity index (χ0v) is 11.5. The summed E-state index contributed by atoms with van der Waals surface area (Å²) in [4.78, 5) is 0. The first-order valence-electron chi connectivity index (χ1n) is 5.90. The third-order valence-electron chi connectivity index (χ3n) is 3.42. The minimum Gasteiger partial charge on any atom is -0.396 e. The van der Waals surface area contributed by atoms with Crippen molar-refractivity contribution in [3.63, 3.8) is 0 Å². The molecule has 0 aliphatic rings. The van der Waals surface area contributed by atoms with Crippen LogP contribution in [0.2, 0.25) is 18.6 Å². The lowest BCUT2D eigenvalue weighted by atomic mass is 10.3. The van der Waals surface area contributed by atoms with Crippen molar-refractivity contribution in [1.82, 2.24) is 0 Å². The van der Waals surface area contributed by atoms with E-state index in [1.165, 1.54) is 5.19 Å². The van der Waals surface area contributed by atoms with Crippen molar-refractivity contribution in [2.75, 3.05) is 6.61 Å². The Labute approximate surface area is 99.8 Å². The molecule has 88 valence electrons. The van der Waals surface area contributed by atoms with Crippen LogP contribution < -0.4 is 5.19 Å². The van der Waals surface area contributed by atoms with E-state index in [1.807, 2.05) is 13.0 Å². The van der Waals surface area contributed by atoms with Crippen LogP contribution in [-0.4, -0.2) is 19.8 Å². The molecule has 1 aromatic rings. The van der Waals surface area contributed by atoms with Gasteiger partial charge >= 0.3 is 0 Å². The number of benzene rings is 1. The third-order valence-corrected chi connectivity index (χ3v) is 7.70. The van der Waals surface area contributed by atoms with Crippen molar-refractivity contribution in [2.24, 2.45) is 0 Å². The molecule has 16 heavy (non-hydrogen) atoms. The first kappa shape index (κ1) is 13.2. The second-order valence-electron chi connectivity index (χ2n) is 4.77. The van der Waals surface area contributed by atoms with Crippen molar-refractivity contribution >= 4 is 13.3 Å². The average Bonchev–Trinajstić information content (AvgIpc) is 2.31. The van der Waals surface area contributed by atoms with Gasteiger partial charge in [0.15, 0.2) is 0 Å². The van der Waals surface area contributed by atoms with Gasteiger partial charge in [0.2, 0.25) is 0 Å². The van der Waals surface area contributed by atoms with E-state index in [4.69, 9.17) is 0 Å². The lowest BCUT2D eigenvalue weighted by Gasteiger charge is -2.31. The van der Waals surface area contributed by atoms with Gasteiger partial charge in [-0.15, -0.1) is 0 Å². The van der Waals surface area contributed by atoms with Crippen molar-refractivity contribution in [1.29, 1.82) is 0 Å². The summed E-state index contributed by atoms with van der Waals surface area (Å²) in [6.45, 7) is 7.00. The van der Waals surface area contributed by atoms with E-state index in [9.17, 15) is 5.11 Å². The molecule has 1 unspecified atom stereocenters. The Morgan fingerprint density at radius 1 is 1.25 bits per heavy atom. The van der Waals surface area contributed by atoms with Gasteiger partial charge in [-0.1, -0.05) is 60.8 Å². The van der Waals surface area contributed by atoms with E-state index in [2.05, 4.69) is 49.5 Å². The fraction of sp³-hybridized carbons (Fsp3) is 0.429. The highest BCUT2D eigenvalue weighted by molar-refractivity contribution is 6.91. The monoisotopic (exact) mass is 234 g/mol. The number of hydrogen-bond acceptors (Lipinski definition) is 1. The molecule has 0 bridgehead atoms. The van der Waals surface area contributed by atoms with Crippen molar-refractivity contribution in [3.05, 3.63) is 42.5 Å². The van der Waals surface area contributed by atoms with Crippen LogP contribution in [0.5, 0.6) is 0 Å². The Bertz CT molecular complexity index is 330. The first-order chi connectivity index (χ1) is 7.62. The van der Waals surface area contributed by atoms with E-state index < -0.39 is 8.07 Å². The lowest BCUT2D eigenvalue weighted by Crippen LogP contribution is -2.47. The van der Waals surface area contributed by atoms with Crippen molar-refractivity contribution < 1.29 is 5.11 Å². The molecule has 0 saturated carbocycles. The van der Waals surface area contributed by atoms with Crippen LogP contribution in [0.4, 0.5) is 0 Å². The Morgan fingerprint density at radius 3 is 2.38 bits per heavy atom. The van der Waals surface area contributed by atoms with Gasteiger partial charge < -0.3 is 5.11 Å². The quantitative estimate of drug-likeness (QED) is 0.613. The summed E-state index contributed by atoms with van der Waals surface area (Å²) in [5.41, 5.74) is 0.408. The molecule has 0 amide bonds. The Morgan fingerprint density at radius 2 is 1.88 bits per heavy atom. The molecular weight excluding hydrogens is 212 g/mol. The van der Waals surface area contributed by atoms with Gasteiger partial charge in [-0.25, -0.2) is 0 Å². The summed E-state index contributed by atoms with van der Waals surface area (Å²) in [7, 11) is -1.55. The lowest BCUT2D eigenvalue weighted by molar-refractivity contribution is 0.286. The van der Waals surface area contributed by atoms with Crippen molar-refractivity contribution in [3.8, 4) is 0 Å². The zero-order valence-electron chi connectivity index (χ0n) is 10.5. The fourth-order valence-corrected chi connectivity index (χ4v) is 4.71. The molecule has 1 atom stereocenters. The van der Waals surface area contributed by atoms with Gasteiger partial charge in [0, 0.05) is 6.61 Å². The molecule has 1 nitrogen and oxygen atoms in total. The number of rotatable bonds is 5. The molecule has 0 saturated heterocycles. The predicted molar refractivity (Wildman–Crippen MR) is 73.8 cm³/mol. The van der Waals surface area contributed by atoms with E-state index in [-0.39, 0.29) is 0 Å². The van der Waals surface area contributed by atoms with Crippen LogP contribution in [0.25, 0.3) is 0 Å². The van der Waals surface area contributed by atoms with Gasteiger partial charge in [-0.05, 0) is 18.9 Å². The van der Waals surface area contributed by atoms with Crippen LogP contribution >= 0.6 is 0 Å². The molecule has 0 aliphatic heterocycles. The van der Waals surface area contributed by atoms with Crippen molar-refractivity contribution in [2.45, 2.75) is 32.0 Å². The maximum Gasteiger partial charge on any atom is 0.0862 e. The van der Waals surface area contributed by atoms with Crippen LogP contribution in [0.3, 0.4) is 0 Å². The number of aliphatic hydroxyl groups excluding tert-OH is 1. The summed E-state index contributed by atoms with van der Waals surface area (Å²) >= 11 is 0. The highest BCUT2D eigenvalue weighted by atomic mass is 28.3. The summed E-state index contributed by atoms with van der Waals surface area (Å²) in [6.07, 6.45) is 5.22. The Hall–Kier alpha value is -0.863. The van der Waals surface area contributed by atoms with Crippen LogP contribution in [0, 0.1) is 0 Å². The second kappa shape index (κ2) is 6.02. The first-order valence-corrected chi connectivity index (χ1v) is 8.98. The molecule has 0 fully saturated rings. The minimum absolute atomic E-state index is 0.290. The SMILES string of the molecule is C/C=C/CC(CO)[Si](C)(C)c1ccccc1. The molecule has 0 aliphatic carbocycles. The molecule has 1 aromatic carbocycles. The van der Waals surface area contributed by atoms with Gasteiger partial charge in [-0.3, -0.25) is 0 Å². The van der Waals surface area contributed by atoms with E-state index in [0.717, 1.165) is 6.42 Å². The van der Waals surface area contributed by atoms with Crippen LogP contribution in [-0.2, 0) is 0 Å². The fourth-order valence-electron chi connectivity index (χ4n) is 2.00. The summed E-state index contributed by atoms with van der Waals surface area (Å²) < 4.78 is 0. The molecule has 0 heterocycles. The predicted octanol–water partition coefficient (Wildman–Crippen LogP) is 2.93. The highest BCUT2D eigenvalue weighted by Gasteiger charge is 2.31. The number of aliphatic hydroxyl groups is 1. The molecule has 0 aromatic heterocycles. The second-order valence-corrected chi connectivity index (χ2v) is 9.61. The largest absolute Gasteiger partial charge is 0.396 e. The Balaban J connectivity index is 2.89.